The third-order valence-corrected chi connectivity index (χ3v) is 3.86. The first-order chi connectivity index (χ1) is 10.4. The third kappa shape index (κ3) is 3.62. The number of carboxylic acid groups (broad SMARTS) is 1. The van der Waals surface area contributed by atoms with Gasteiger partial charge in [-0.3, -0.25) is 14.9 Å². The smallest absolute Gasteiger partial charge is 0.311 e. The van der Waals surface area contributed by atoms with Crippen molar-refractivity contribution in [3.8, 4) is 0 Å². The quantitative estimate of drug-likeness (QED) is 0.668. The first-order valence-corrected chi connectivity index (χ1v) is 6.98. The summed E-state index contributed by atoms with van der Waals surface area (Å²) in [5, 5.41) is 20.7. The number of nitro benzene ring substituents is 1. The van der Waals surface area contributed by atoms with Crippen LogP contribution >= 0.6 is 11.6 Å². The number of rotatable bonds is 5. The van der Waals surface area contributed by atoms with Crippen LogP contribution in [-0.2, 0) is 11.2 Å². The predicted molar refractivity (Wildman–Crippen MR) is 83.4 cm³/mol. The van der Waals surface area contributed by atoms with Crippen molar-refractivity contribution < 1.29 is 14.8 Å². The van der Waals surface area contributed by atoms with Gasteiger partial charge in [0.2, 0.25) is 0 Å². The summed E-state index contributed by atoms with van der Waals surface area (Å²) in [6, 6.07) is 11.1. The number of hydrogen-bond acceptors (Lipinski definition) is 3. The Labute approximate surface area is 132 Å². The molecule has 5 nitrogen and oxygen atoms in total. The molecule has 0 bridgehead atoms. The Hall–Kier alpha value is -2.40. The lowest BCUT2D eigenvalue weighted by Gasteiger charge is -2.14. The minimum atomic E-state index is -0.994. The second-order valence-electron chi connectivity index (χ2n) is 5.03. The topological polar surface area (TPSA) is 80.4 Å². The van der Waals surface area contributed by atoms with Crippen molar-refractivity contribution in [2.24, 2.45) is 0 Å². The van der Waals surface area contributed by atoms with Crippen LogP contribution in [0.25, 0.3) is 0 Å². The van der Waals surface area contributed by atoms with Crippen molar-refractivity contribution in [2.75, 3.05) is 0 Å². The van der Waals surface area contributed by atoms with Gasteiger partial charge in [-0.2, -0.15) is 0 Å². The number of aryl methyl sites for hydroxylation is 1. The minimum absolute atomic E-state index is 0.0522. The van der Waals surface area contributed by atoms with Gasteiger partial charge >= 0.3 is 5.97 Å². The zero-order valence-corrected chi connectivity index (χ0v) is 12.6. The summed E-state index contributed by atoms with van der Waals surface area (Å²) < 4.78 is 0. The van der Waals surface area contributed by atoms with Crippen molar-refractivity contribution in [3.05, 3.63) is 74.3 Å². The maximum Gasteiger partial charge on any atom is 0.311 e. The van der Waals surface area contributed by atoms with E-state index in [-0.39, 0.29) is 12.1 Å². The highest BCUT2D eigenvalue weighted by Gasteiger charge is 2.22. The molecule has 0 heterocycles. The molecule has 0 aliphatic carbocycles. The predicted octanol–water partition coefficient (Wildman–Crippen LogP) is 3.97. The summed E-state index contributed by atoms with van der Waals surface area (Å²) in [6.07, 6.45) is 0.163. The van der Waals surface area contributed by atoms with Crippen molar-refractivity contribution in [1.82, 2.24) is 0 Å². The van der Waals surface area contributed by atoms with Gasteiger partial charge < -0.3 is 5.11 Å². The molecule has 1 atom stereocenters. The second-order valence-corrected chi connectivity index (χ2v) is 5.44. The van der Waals surface area contributed by atoms with Crippen LogP contribution in [-0.4, -0.2) is 16.0 Å². The maximum absolute atomic E-state index is 11.5. The fraction of sp³-hybridized carbons (Fsp3) is 0.188. The number of nitrogens with zero attached hydrogens (tertiary/aromatic N) is 1. The maximum atomic E-state index is 11.5. The van der Waals surface area contributed by atoms with E-state index in [2.05, 4.69) is 0 Å². The zero-order chi connectivity index (χ0) is 16.3. The van der Waals surface area contributed by atoms with E-state index in [0.29, 0.717) is 16.1 Å². The van der Waals surface area contributed by atoms with E-state index in [4.69, 9.17) is 11.6 Å². The van der Waals surface area contributed by atoms with Crippen LogP contribution in [0.15, 0.2) is 42.5 Å². The minimum Gasteiger partial charge on any atom is -0.481 e. The van der Waals surface area contributed by atoms with Gasteiger partial charge in [-0.25, -0.2) is 0 Å². The lowest BCUT2D eigenvalue weighted by molar-refractivity contribution is -0.384. The van der Waals surface area contributed by atoms with Crippen LogP contribution in [0.5, 0.6) is 0 Å². The summed E-state index contributed by atoms with van der Waals surface area (Å²) in [6.45, 7) is 1.84. The highest BCUT2D eigenvalue weighted by Crippen LogP contribution is 2.27. The van der Waals surface area contributed by atoms with Crippen molar-refractivity contribution in [3.63, 3.8) is 0 Å². The van der Waals surface area contributed by atoms with Gasteiger partial charge in [0.25, 0.3) is 5.69 Å². The summed E-state index contributed by atoms with van der Waals surface area (Å²) in [4.78, 5) is 21.8. The number of aliphatic carboxylic acids is 1. The van der Waals surface area contributed by atoms with Crippen molar-refractivity contribution in [2.45, 2.75) is 19.3 Å². The molecule has 0 saturated carbocycles. The van der Waals surface area contributed by atoms with Gasteiger partial charge in [-0.05, 0) is 36.1 Å². The number of carbonyl (C=O) groups is 1. The summed E-state index contributed by atoms with van der Waals surface area (Å²) in [5.74, 6) is -1.80. The molecule has 0 aromatic heterocycles. The number of nitro groups is 1. The molecule has 1 unspecified atom stereocenters. The molecular weight excluding hydrogens is 306 g/mol. The number of hydrogen-bond donors (Lipinski definition) is 1. The van der Waals surface area contributed by atoms with E-state index in [1.54, 1.807) is 30.3 Å². The Balaban J connectivity index is 2.33. The highest BCUT2D eigenvalue weighted by molar-refractivity contribution is 6.31. The Kier molecular flexibility index (Phi) is 4.78. The van der Waals surface area contributed by atoms with E-state index in [0.717, 1.165) is 5.56 Å². The largest absolute Gasteiger partial charge is 0.481 e. The number of carboxylic acids is 1. The van der Waals surface area contributed by atoms with Gasteiger partial charge in [0, 0.05) is 17.2 Å². The van der Waals surface area contributed by atoms with E-state index in [9.17, 15) is 20.0 Å². The van der Waals surface area contributed by atoms with Crippen LogP contribution in [0.4, 0.5) is 5.69 Å². The van der Waals surface area contributed by atoms with Gasteiger partial charge in [-0.1, -0.05) is 35.9 Å². The van der Waals surface area contributed by atoms with Gasteiger partial charge in [0.1, 0.15) is 0 Å². The highest BCUT2D eigenvalue weighted by atomic mass is 35.5. The van der Waals surface area contributed by atoms with E-state index < -0.39 is 16.8 Å². The van der Waals surface area contributed by atoms with Gasteiger partial charge in [0.05, 0.1) is 10.8 Å². The molecule has 0 aliphatic heterocycles. The number of benzene rings is 2. The van der Waals surface area contributed by atoms with Crippen LogP contribution in [0.2, 0.25) is 5.02 Å². The fourth-order valence-electron chi connectivity index (χ4n) is 2.21. The molecule has 114 valence electrons. The molecular formula is C16H14ClNO4. The van der Waals surface area contributed by atoms with Gasteiger partial charge in [-0.15, -0.1) is 0 Å². The summed E-state index contributed by atoms with van der Waals surface area (Å²) in [5.41, 5.74) is 1.99. The van der Waals surface area contributed by atoms with Crippen molar-refractivity contribution >= 4 is 23.3 Å². The molecule has 0 fully saturated rings. The lowest BCUT2D eigenvalue weighted by atomic mass is 9.91. The molecule has 0 amide bonds. The van der Waals surface area contributed by atoms with Crippen LogP contribution in [0.3, 0.4) is 0 Å². The average Bonchev–Trinajstić information content (AvgIpc) is 2.48. The number of non-ortho nitro benzene ring substituents is 1. The van der Waals surface area contributed by atoms with E-state index in [1.165, 1.54) is 12.1 Å². The fourth-order valence-corrected chi connectivity index (χ4v) is 2.40. The molecule has 2 rings (SSSR count). The molecule has 22 heavy (non-hydrogen) atoms. The van der Waals surface area contributed by atoms with E-state index in [1.807, 2.05) is 6.92 Å². The molecule has 2 aromatic carbocycles. The van der Waals surface area contributed by atoms with Crippen LogP contribution < -0.4 is 0 Å². The molecule has 0 saturated heterocycles. The van der Waals surface area contributed by atoms with Gasteiger partial charge in [0.15, 0.2) is 0 Å². The second kappa shape index (κ2) is 6.58. The first kappa shape index (κ1) is 16.0. The normalized spacial score (nSPS) is 11.9. The molecule has 6 heteroatoms. The number of halogens is 1. The standard InChI is InChI=1S/C16H14ClNO4/c1-10-5-6-12(9-15(10)17)14(16(19)20)8-11-3-2-4-13(7-11)18(21)22/h2-7,9,14H,8H2,1H3,(H,19,20). The molecule has 1 N–H and O–H groups in total. The van der Waals surface area contributed by atoms with Crippen LogP contribution in [0, 0.1) is 17.0 Å². The zero-order valence-electron chi connectivity index (χ0n) is 11.8. The summed E-state index contributed by atoms with van der Waals surface area (Å²) >= 11 is 6.05. The molecule has 0 spiro atoms. The lowest BCUT2D eigenvalue weighted by Crippen LogP contribution is -2.14. The Bertz CT molecular complexity index is 730. The first-order valence-electron chi connectivity index (χ1n) is 6.60. The van der Waals surface area contributed by atoms with Crippen molar-refractivity contribution in [1.29, 1.82) is 0 Å². The van der Waals surface area contributed by atoms with Crippen LogP contribution in [0.1, 0.15) is 22.6 Å². The Morgan fingerprint density at radius 3 is 2.64 bits per heavy atom. The van der Waals surface area contributed by atoms with E-state index >= 15 is 0 Å². The molecule has 2 aromatic rings. The summed E-state index contributed by atoms with van der Waals surface area (Å²) in [7, 11) is 0. The molecule has 0 radical (unpaired) electrons. The third-order valence-electron chi connectivity index (χ3n) is 3.46. The Morgan fingerprint density at radius 1 is 1.32 bits per heavy atom. The SMILES string of the molecule is Cc1ccc(C(Cc2cccc([N+](=O)[O-])c2)C(=O)O)cc1Cl. The monoisotopic (exact) mass is 319 g/mol. The average molecular weight is 320 g/mol. The Morgan fingerprint density at radius 2 is 2.05 bits per heavy atom. The molecule has 0 aliphatic rings.